The van der Waals surface area contributed by atoms with Gasteiger partial charge in [0.25, 0.3) is 0 Å². The topological polar surface area (TPSA) is 104 Å². The van der Waals surface area contributed by atoms with Crippen molar-refractivity contribution in [1.82, 2.24) is 0 Å². The van der Waals surface area contributed by atoms with Crippen molar-refractivity contribution in [3.05, 3.63) is 0 Å². The Morgan fingerprint density at radius 1 is 0.875 bits per heavy atom. The van der Waals surface area contributed by atoms with Crippen LogP contribution in [0.5, 0.6) is 0 Å². The van der Waals surface area contributed by atoms with Gasteiger partial charge in [0.1, 0.15) is 0 Å². The van der Waals surface area contributed by atoms with Crippen LogP contribution in [0.3, 0.4) is 0 Å². The molecule has 2 fully saturated rings. The van der Waals surface area contributed by atoms with Gasteiger partial charge in [-0.3, -0.25) is 0 Å². The van der Waals surface area contributed by atoms with E-state index in [-0.39, 0.29) is 17.6 Å². The molecule has 0 aromatic rings. The van der Waals surface area contributed by atoms with E-state index in [2.05, 4.69) is 0 Å². The van der Waals surface area contributed by atoms with Crippen LogP contribution in [0.2, 0.25) is 0 Å². The molecule has 0 heterocycles. The Labute approximate surface area is 98.1 Å². The van der Waals surface area contributed by atoms with Crippen LogP contribution in [0.4, 0.5) is 0 Å². The molecular weight excluding hydrogens is 200 g/mol. The smallest absolute Gasteiger partial charge is 0.0490 e. The maximum Gasteiger partial charge on any atom is 0.0490 e. The molecule has 0 bridgehead atoms. The molecule has 0 aliphatic heterocycles. The second-order valence-corrected chi connectivity index (χ2v) is 5.91. The van der Waals surface area contributed by atoms with Crippen LogP contribution in [0.1, 0.15) is 51.4 Å². The van der Waals surface area contributed by atoms with Crippen LogP contribution in [-0.4, -0.2) is 23.2 Å². The van der Waals surface area contributed by atoms with Gasteiger partial charge in [0, 0.05) is 23.2 Å². The number of hydrogen-bond donors (Lipinski definition) is 4. The number of hydrogen-bond acceptors (Lipinski definition) is 4. The molecule has 2 rings (SSSR count). The van der Waals surface area contributed by atoms with Crippen molar-refractivity contribution in [2.24, 2.45) is 22.9 Å². The van der Waals surface area contributed by atoms with Crippen LogP contribution in [0.25, 0.3) is 0 Å². The zero-order chi connectivity index (χ0) is 11.8. The first kappa shape index (κ1) is 12.3. The summed E-state index contributed by atoms with van der Waals surface area (Å²) < 4.78 is 0. The Morgan fingerprint density at radius 3 is 2.25 bits per heavy atom. The SMILES string of the molecule is NC1CCCC(N)(C2(N)CCCCC2N)C1. The lowest BCUT2D eigenvalue weighted by molar-refractivity contribution is 0.0910. The van der Waals surface area contributed by atoms with Gasteiger partial charge in [0.2, 0.25) is 0 Å². The highest BCUT2D eigenvalue weighted by atomic mass is 15.0. The summed E-state index contributed by atoms with van der Waals surface area (Å²) in [6.07, 6.45) is 8.26. The van der Waals surface area contributed by atoms with Crippen molar-refractivity contribution < 1.29 is 0 Å². The van der Waals surface area contributed by atoms with E-state index in [1.165, 1.54) is 6.42 Å². The molecule has 4 atom stereocenters. The van der Waals surface area contributed by atoms with E-state index >= 15 is 0 Å². The quantitative estimate of drug-likeness (QED) is 0.512. The van der Waals surface area contributed by atoms with Crippen LogP contribution >= 0.6 is 0 Å². The molecule has 16 heavy (non-hydrogen) atoms. The van der Waals surface area contributed by atoms with Gasteiger partial charge in [-0.1, -0.05) is 19.3 Å². The summed E-state index contributed by atoms with van der Waals surface area (Å²) in [6.45, 7) is 0. The first-order chi connectivity index (χ1) is 7.48. The van der Waals surface area contributed by atoms with Gasteiger partial charge in [0.15, 0.2) is 0 Å². The molecule has 2 aliphatic carbocycles. The van der Waals surface area contributed by atoms with Gasteiger partial charge in [-0.25, -0.2) is 0 Å². The maximum atomic E-state index is 6.57. The first-order valence-corrected chi connectivity index (χ1v) is 6.57. The summed E-state index contributed by atoms with van der Waals surface area (Å²) in [4.78, 5) is 0. The number of nitrogens with two attached hydrogens (primary N) is 4. The van der Waals surface area contributed by atoms with Crippen molar-refractivity contribution in [2.75, 3.05) is 0 Å². The third-order valence-corrected chi connectivity index (χ3v) is 4.77. The largest absolute Gasteiger partial charge is 0.328 e. The molecule has 94 valence electrons. The Kier molecular flexibility index (Phi) is 3.27. The fraction of sp³-hybridized carbons (Fsp3) is 1.00. The Bertz CT molecular complexity index is 257. The van der Waals surface area contributed by atoms with Gasteiger partial charge in [-0.2, -0.15) is 0 Å². The summed E-state index contributed by atoms with van der Waals surface area (Å²) in [5.41, 5.74) is 24.7. The monoisotopic (exact) mass is 226 g/mol. The average Bonchev–Trinajstić information content (AvgIpc) is 2.22. The van der Waals surface area contributed by atoms with Crippen molar-refractivity contribution in [1.29, 1.82) is 0 Å². The van der Waals surface area contributed by atoms with E-state index in [4.69, 9.17) is 22.9 Å². The van der Waals surface area contributed by atoms with Gasteiger partial charge in [0.05, 0.1) is 0 Å². The van der Waals surface area contributed by atoms with Gasteiger partial charge >= 0.3 is 0 Å². The predicted octanol–water partition coefficient (Wildman–Crippen LogP) is 0.184. The van der Waals surface area contributed by atoms with Gasteiger partial charge in [-0.05, 0) is 32.1 Å². The highest BCUT2D eigenvalue weighted by Crippen LogP contribution is 2.40. The minimum Gasteiger partial charge on any atom is -0.328 e. The standard InChI is InChI=1S/C12H26N4/c13-9-4-3-6-11(15,8-9)12(16)7-2-1-5-10(12)14/h9-10H,1-8,13-16H2. The van der Waals surface area contributed by atoms with Gasteiger partial charge in [-0.15, -0.1) is 0 Å². The molecule has 0 saturated heterocycles. The molecule has 0 aromatic carbocycles. The molecule has 2 saturated carbocycles. The van der Waals surface area contributed by atoms with E-state index < -0.39 is 5.54 Å². The molecule has 4 heteroatoms. The van der Waals surface area contributed by atoms with Crippen LogP contribution < -0.4 is 22.9 Å². The molecule has 2 aliphatic rings. The lowest BCUT2D eigenvalue weighted by Crippen LogP contribution is -2.75. The van der Waals surface area contributed by atoms with E-state index in [0.717, 1.165) is 44.9 Å². The summed E-state index contributed by atoms with van der Waals surface area (Å²) in [5, 5.41) is 0. The second-order valence-electron chi connectivity index (χ2n) is 5.91. The highest BCUT2D eigenvalue weighted by molar-refractivity contribution is 5.15. The average molecular weight is 226 g/mol. The van der Waals surface area contributed by atoms with Crippen LogP contribution in [-0.2, 0) is 0 Å². The summed E-state index contributed by atoms with van der Waals surface area (Å²) in [5.74, 6) is 0. The summed E-state index contributed by atoms with van der Waals surface area (Å²) in [7, 11) is 0. The summed E-state index contributed by atoms with van der Waals surface area (Å²) >= 11 is 0. The molecule has 0 aromatic heterocycles. The summed E-state index contributed by atoms with van der Waals surface area (Å²) in [6, 6.07) is 0.241. The van der Waals surface area contributed by atoms with E-state index in [0.29, 0.717) is 0 Å². The van der Waals surface area contributed by atoms with Crippen molar-refractivity contribution in [3.63, 3.8) is 0 Å². The fourth-order valence-corrected chi connectivity index (χ4v) is 3.62. The molecule has 0 radical (unpaired) electrons. The van der Waals surface area contributed by atoms with E-state index in [9.17, 15) is 0 Å². The third kappa shape index (κ3) is 1.88. The zero-order valence-electron chi connectivity index (χ0n) is 10.1. The minimum atomic E-state index is -0.400. The number of rotatable bonds is 1. The minimum absolute atomic E-state index is 0.0385. The Balaban J connectivity index is 2.19. The normalized spacial score (nSPS) is 50.2. The lowest BCUT2D eigenvalue weighted by Gasteiger charge is -2.54. The molecule has 0 spiro atoms. The fourth-order valence-electron chi connectivity index (χ4n) is 3.62. The van der Waals surface area contributed by atoms with Crippen LogP contribution in [0.15, 0.2) is 0 Å². The van der Waals surface area contributed by atoms with Crippen molar-refractivity contribution in [2.45, 2.75) is 74.5 Å². The molecular formula is C12H26N4. The maximum absolute atomic E-state index is 6.57. The van der Waals surface area contributed by atoms with Crippen LogP contribution in [0, 0.1) is 0 Å². The molecule has 4 nitrogen and oxygen atoms in total. The van der Waals surface area contributed by atoms with E-state index in [1.54, 1.807) is 0 Å². The third-order valence-electron chi connectivity index (χ3n) is 4.77. The molecule has 4 unspecified atom stereocenters. The highest BCUT2D eigenvalue weighted by Gasteiger charge is 2.51. The van der Waals surface area contributed by atoms with Crippen molar-refractivity contribution >= 4 is 0 Å². The van der Waals surface area contributed by atoms with E-state index in [1.807, 2.05) is 0 Å². The Morgan fingerprint density at radius 2 is 1.62 bits per heavy atom. The Hall–Kier alpha value is -0.160. The van der Waals surface area contributed by atoms with Gasteiger partial charge < -0.3 is 22.9 Å². The molecule has 0 amide bonds. The molecule has 8 N–H and O–H groups in total. The first-order valence-electron chi connectivity index (χ1n) is 6.57. The van der Waals surface area contributed by atoms with Crippen molar-refractivity contribution in [3.8, 4) is 0 Å². The zero-order valence-corrected chi connectivity index (χ0v) is 10.1. The predicted molar refractivity (Wildman–Crippen MR) is 66.7 cm³/mol. The lowest BCUT2D eigenvalue weighted by atomic mass is 9.60. The second kappa shape index (κ2) is 4.26.